The molecule has 4 aliphatic carbocycles. The van der Waals surface area contributed by atoms with E-state index < -0.39 is 232 Å². The predicted octanol–water partition coefficient (Wildman–Crippen LogP) is -1.43. The molecule has 1 aromatic heterocycles. The monoisotopic (exact) mass is 1560 g/mol. The molecule has 0 bridgehead atoms. The van der Waals surface area contributed by atoms with Crippen molar-refractivity contribution in [3.8, 4) is 0 Å². The van der Waals surface area contributed by atoms with E-state index in [1.807, 2.05) is 13.8 Å². The fourth-order valence-corrected chi connectivity index (χ4v) is 17.0. The van der Waals surface area contributed by atoms with Gasteiger partial charge in [0.05, 0.1) is 62.1 Å². The number of aliphatic carboxylic acids is 2. The van der Waals surface area contributed by atoms with Crippen molar-refractivity contribution >= 4 is 41.4 Å². The summed E-state index contributed by atoms with van der Waals surface area (Å²) in [4.78, 5) is 93.5. The van der Waals surface area contributed by atoms with Gasteiger partial charge in [0, 0.05) is 50.7 Å². The van der Waals surface area contributed by atoms with Crippen molar-refractivity contribution in [2.24, 2.45) is 41.4 Å². The lowest BCUT2D eigenvalue weighted by Gasteiger charge is -2.49. The molecule has 30 atom stereocenters. The average Bonchev–Trinajstić information content (AvgIpc) is 0.818. The van der Waals surface area contributed by atoms with Crippen molar-refractivity contribution in [3.05, 3.63) is 11.9 Å². The number of ketones is 1. The van der Waals surface area contributed by atoms with Gasteiger partial charge >= 0.3 is 11.9 Å². The van der Waals surface area contributed by atoms with Crippen molar-refractivity contribution < 1.29 is 142 Å². The number of hydrogen-bond donors (Lipinski definition) is 16. The Balaban J connectivity index is 0.784. The highest BCUT2D eigenvalue weighted by Crippen LogP contribution is 2.44. The molecule has 109 heavy (non-hydrogen) atoms. The van der Waals surface area contributed by atoms with Crippen LogP contribution in [0.3, 0.4) is 0 Å². The van der Waals surface area contributed by atoms with Crippen LogP contribution in [-0.2, 0) is 82.7 Å². The van der Waals surface area contributed by atoms with Crippen molar-refractivity contribution in [1.29, 1.82) is 0 Å². The fraction of sp³-hybridized carbons (Fsp3) is 0.877. The standard InChI is InChI=1S/C73H119N7O29/c1-7-40-26-42(28-46(63(40)108-72-60(92)58(90)54(86)35(4)100-72)105-71-53(77-37(6)83)65(57(89)51(33-82)107-71)103-49(69(98)99)25-39-18-13-10-14-19-39)45(84)20-15-21-74-52(85)31-80-30-44(78-79-80)67(95)76-23-22-75-66(94)43-27-41(8-2)64(109-73-61(93)59(91)55(87)36(5)101-73)47(29-43)104-70-34(3)62(56(88)50(32-81)106-70)102-48(68(96)97)24-38-16-11-9-12-17-38/h30,34-36,38-43,46-51,53-65,70-73,81-82,86-93H,7-29,31-33H2,1-6H3,(H,74,85)(H,75,94)(H,76,95)(H,77,83)(H,96,97)(H,98,99)/t34-,35+,36+,40+,41+,42-,43-,46-,47-,48+,49+,50-,51-,53-,54-,55-,56+,57+,58-,59-,60+,61+,62-,63-,64-,65-,70?,71-,72+,73?/m1/s1. The van der Waals surface area contributed by atoms with Gasteiger partial charge in [-0.15, -0.1) is 5.10 Å². The van der Waals surface area contributed by atoms with Crippen LogP contribution in [0.15, 0.2) is 6.20 Å². The Kier molecular flexibility index (Phi) is 33.2. The van der Waals surface area contributed by atoms with Crippen LogP contribution in [0.5, 0.6) is 0 Å². The third-order valence-electron chi connectivity index (χ3n) is 23.4. The van der Waals surface area contributed by atoms with Crippen LogP contribution < -0.4 is 21.3 Å². The number of aromatic nitrogens is 3. The van der Waals surface area contributed by atoms with Gasteiger partial charge in [0.1, 0.15) is 85.5 Å². The lowest BCUT2D eigenvalue weighted by molar-refractivity contribution is -0.343. The van der Waals surface area contributed by atoms with Crippen molar-refractivity contribution in [1.82, 2.24) is 36.3 Å². The number of ether oxygens (including phenoxy) is 10. The molecular formula is C73H119N7O29. The van der Waals surface area contributed by atoms with Gasteiger partial charge in [-0.25, -0.2) is 14.3 Å². The average molecular weight is 1560 g/mol. The number of Topliss-reactive ketones (excluding diaryl/α,β-unsaturated/α-hetero) is 1. The highest BCUT2D eigenvalue weighted by atomic mass is 16.7. The molecule has 16 N–H and O–H groups in total. The maximum Gasteiger partial charge on any atom is 0.332 e. The number of carbonyl (C=O) groups excluding carboxylic acids is 5. The van der Waals surface area contributed by atoms with Gasteiger partial charge in [0.15, 0.2) is 43.1 Å². The van der Waals surface area contributed by atoms with Gasteiger partial charge in [-0.3, -0.25) is 24.0 Å². The predicted molar refractivity (Wildman–Crippen MR) is 375 cm³/mol. The number of nitrogens with one attached hydrogen (secondary N) is 4. The summed E-state index contributed by atoms with van der Waals surface area (Å²) in [5.41, 5.74) is -0.153. The summed E-state index contributed by atoms with van der Waals surface area (Å²) in [5, 5.41) is 148. The first kappa shape index (κ1) is 87.8. The second kappa shape index (κ2) is 41.2. The molecular weight excluding hydrogens is 1440 g/mol. The summed E-state index contributed by atoms with van der Waals surface area (Å²) in [6.45, 7) is 7.57. The summed E-state index contributed by atoms with van der Waals surface area (Å²) in [7, 11) is 0. The smallest absolute Gasteiger partial charge is 0.332 e. The lowest BCUT2D eigenvalue weighted by atomic mass is 9.74. The van der Waals surface area contributed by atoms with Gasteiger partial charge in [-0.1, -0.05) is 103 Å². The number of carboxylic acids is 2. The second-order valence-corrected chi connectivity index (χ2v) is 31.2. The zero-order valence-electron chi connectivity index (χ0n) is 63.1. The Morgan fingerprint density at radius 1 is 0.550 bits per heavy atom. The van der Waals surface area contributed by atoms with Gasteiger partial charge < -0.3 is 130 Å². The minimum absolute atomic E-state index is 0.0201. The van der Waals surface area contributed by atoms with E-state index in [9.17, 15) is 94.8 Å². The highest BCUT2D eigenvalue weighted by Gasteiger charge is 2.55. The quantitative estimate of drug-likeness (QED) is 0.0347. The van der Waals surface area contributed by atoms with Gasteiger partial charge in [-0.05, 0) is 82.5 Å². The van der Waals surface area contributed by atoms with Gasteiger partial charge in [-0.2, -0.15) is 0 Å². The zero-order valence-corrected chi connectivity index (χ0v) is 63.1. The molecule has 4 saturated carbocycles. The zero-order chi connectivity index (χ0) is 79.1. The van der Waals surface area contributed by atoms with Crippen LogP contribution in [0, 0.1) is 41.4 Å². The molecule has 4 saturated heterocycles. The fourth-order valence-electron chi connectivity index (χ4n) is 17.0. The van der Waals surface area contributed by atoms with Gasteiger partial charge in [0.25, 0.3) is 5.91 Å². The summed E-state index contributed by atoms with van der Waals surface area (Å²) < 4.78 is 64.0. The SMILES string of the molecule is CC[C@H]1C[C@@H](C(=O)NCCNC(=O)c2cn(CC(=O)NCCCC(=O)[C@@H]3C[C@H](CC)[C@@H](O[C@@H]4O[C@@H](C)[C@@H](O)[C@@H](O)[C@@H]4O)[C@H](O[C@@H]4O[C@H](CO)[C@H](O)[C@H](O[C@@H](CC5CCCCC5)C(=O)O)[C@H]4NC(C)=O)C3)nn2)C[C@@H](OC2O[C@H](CO)[C@H](O)[C@H](O[C@@H](CC3CCCCC3)C(=O)O)[C@H]2C)[C@@H]1OC1O[C@@H](C)[C@@H](O)[C@@H](O)[C@@H]1O. The highest BCUT2D eigenvalue weighted by molar-refractivity contribution is 5.92. The van der Waals surface area contributed by atoms with E-state index in [0.717, 1.165) is 68.9 Å². The molecule has 0 aromatic carbocycles. The second-order valence-electron chi connectivity index (χ2n) is 31.2. The molecule has 9 rings (SSSR count). The molecule has 4 amide bonds. The molecule has 5 heterocycles. The maximum atomic E-state index is 14.3. The van der Waals surface area contributed by atoms with Gasteiger partial charge in [0.2, 0.25) is 17.7 Å². The molecule has 2 unspecified atom stereocenters. The number of hydrogen-bond acceptors (Lipinski definition) is 29. The first-order chi connectivity index (χ1) is 52.0. The largest absolute Gasteiger partial charge is 0.479 e. The first-order valence-electron chi connectivity index (χ1n) is 39.2. The van der Waals surface area contributed by atoms with Crippen LogP contribution >= 0.6 is 0 Å². The Labute approximate surface area is 633 Å². The molecule has 1 aromatic rings. The maximum absolute atomic E-state index is 14.3. The van der Waals surface area contributed by atoms with Crippen LogP contribution in [0.4, 0.5) is 0 Å². The number of nitrogens with zero attached hydrogens (tertiary/aromatic N) is 3. The van der Waals surface area contributed by atoms with E-state index in [1.165, 1.54) is 27.0 Å². The normalized spacial score (nSPS) is 38.3. The van der Waals surface area contributed by atoms with Crippen LogP contribution in [0.2, 0.25) is 0 Å². The Morgan fingerprint density at radius 2 is 1.04 bits per heavy atom. The van der Waals surface area contributed by atoms with Crippen molar-refractivity contribution in [2.75, 3.05) is 32.8 Å². The third-order valence-corrected chi connectivity index (χ3v) is 23.4. The van der Waals surface area contributed by atoms with Crippen LogP contribution in [-0.4, -0.2) is 304 Å². The first-order valence-corrected chi connectivity index (χ1v) is 39.2. The molecule has 0 spiro atoms. The molecule has 8 fully saturated rings. The third kappa shape index (κ3) is 22.9. The summed E-state index contributed by atoms with van der Waals surface area (Å²) in [6.07, 6.45) is -20.8. The molecule has 36 nitrogen and oxygen atoms in total. The van der Waals surface area contributed by atoms with E-state index in [1.54, 1.807) is 6.92 Å². The summed E-state index contributed by atoms with van der Waals surface area (Å²) in [5.74, 6) is -8.18. The Morgan fingerprint density at radius 3 is 1.55 bits per heavy atom. The Hall–Kier alpha value is -5.17. The number of rotatable bonds is 35. The minimum atomic E-state index is -1.73. The van der Waals surface area contributed by atoms with Crippen LogP contribution in [0.1, 0.15) is 180 Å². The number of amides is 4. The van der Waals surface area contributed by atoms with Crippen LogP contribution in [0.25, 0.3) is 0 Å². The number of carbonyl (C=O) groups is 7. The molecule has 4 aliphatic heterocycles. The van der Waals surface area contributed by atoms with E-state index in [4.69, 9.17) is 47.4 Å². The topological polar surface area (TPSA) is 533 Å². The molecule has 0 radical (unpaired) electrons. The molecule has 620 valence electrons. The lowest BCUT2D eigenvalue weighted by Crippen LogP contribution is -2.67. The van der Waals surface area contributed by atoms with E-state index in [2.05, 4.69) is 31.6 Å². The number of aliphatic hydroxyl groups excluding tert-OH is 10. The summed E-state index contributed by atoms with van der Waals surface area (Å²) >= 11 is 0. The molecule has 36 heteroatoms. The van der Waals surface area contributed by atoms with E-state index in [-0.39, 0.29) is 101 Å². The van der Waals surface area contributed by atoms with E-state index >= 15 is 0 Å². The Bertz CT molecular complexity index is 3080. The van der Waals surface area contributed by atoms with E-state index in [0.29, 0.717) is 12.8 Å². The number of carboxylic acid groups (broad SMARTS) is 2. The summed E-state index contributed by atoms with van der Waals surface area (Å²) in [6, 6.07) is -1.39. The van der Waals surface area contributed by atoms with Crippen molar-refractivity contribution in [2.45, 2.75) is 330 Å². The number of aliphatic hydroxyl groups is 10. The van der Waals surface area contributed by atoms with Crippen molar-refractivity contribution in [3.63, 3.8) is 0 Å². The molecule has 8 aliphatic rings. The minimum Gasteiger partial charge on any atom is -0.479 e.